The van der Waals surface area contributed by atoms with Crippen molar-refractivity contribution >= 4 is 11.0 Å². The molecule has 0 saturated carbocycles. The number of aromatic hydroxyl groups is 3. The molecule has 2 aromatic carbocycles. The first-order valence-electron chi connectivity index (χ1n) is 12.9. The van der Waals surface area contributed by atoms with Gasteiger partial charge in [-0.1, -0.05) is 0 Å². The van der Waals surface area contributed by atoms with Crippen molar-refractivity contribution in [2.45, 2.75) is 68.3 Å². The number of hydrogen-bond acceptors (Lipinski definition) is 15. The monoisotopic (exact) mass is 594 g/mol. The third kappa shape index (κ3) is 5.49. The molecule has 3 aromatic rings. The molecule has 2 fully saturated rings. The van der Waals surface area contributed by atoms with Gasteiger partial charge >= 0.3 is 0 Å². The van der Waals surface area contributed by atoms with E-state index in [0.29, 0.717) is 0 Å². The molecule has 0 amide bonds. The van der Waals surface area contributed by atoms with Gasteiger partial charge in [-0.3, -0.25) is 4.79 Å². The number of aliphatic hydroxyl groups excluding tert-OH is 6. The first-order chi connectivity index (χ1) is 19.9. The van der Waals surface area contributed by atoms with Crippen molar-refractivity contribution in [3.05, 3.63) is 46.6 Å². The summed E-state index contributed by atoms with van der Waals surface area (Å²) < 4.78 is 28.0. The van der Waals surface area contributed by atoms with E-state index in [1.807, 2.05) is 0 Å². The summed E-state index contributed by atoms with van der Waals surface area (Å²) in [6.45, 7) is 0.866. The summed E-state index contributed by atoms with van der Waals surface area (Å²) in [5.41, 5.74) is -0.956. The third-order valence-electron chi connectivity index (χ3n) is 7.18. The Morgan fingerprint density at radius 2 is 1.40 bits per heavy atom. The van der Waals surface area contributed by atoms with E-state index in [4.69, 9.17) is 23.4 Å². The molecule has 0 aliphatic carbocycles. The third-order valence-corrected chi connectivity index (χ3v) is 7.18. The largest absolute Gasteiger partial charge is 0.508 e. The molecule has 228 valence electrons. The fourth-order valence-electron chi connectivity index (χ4n) is 4.79. The van der Waals surface area contributed by atoms with E-state index >= 15 is 0 Å². The maximum Gasteiger partial charge on any atom is 0.239 e. The van der Waals surface area contributed by atoms with Crippen LogP contribution in [0.3, 0.4) is 0 Å². The maximum absolute atomic E-state index is 13.5. The van der Waals surface area contributed by atoms with Crippen LogP contribution >= 0.6 is 0 Å². The number of benzene rings is 2. The molecule has 42 heavy (non-hydrogen) atoms. The van der Waals surface area contributed by atoms with Crippen molar-refractivity contribution in [1.82, 2.24) is 0 Å². The molecule has 0 radical (unpaired) electrons. The minimum Gasteiger partial charge on any atom is -0.508 e. The molecule has 9 N–H and O–H groups in total. The van der Waals surface area contributed by atoms with Gasteiger partial charge in [-0.15, -0.1) is 0 Å². The van der Waals surface area contributed by atoms with Crippen LogP contribution < -0.4 is 10.2 Å². The van der Waals surface area contributed by atoms with Gasteiger partial charge in [-0.2, -0.15) is 0 Å². The summed E-state index contributed by atoms with van der Waals surface area (Å²) >= 11 is 0. The Morgan fingerprint density at radius 1 is 0.762 bits per heavy atom. The molecule has 2 aliphatic rings. The Kier molecular flexibility index (Phi) is 8.30. The minimum atomic E-state index is -1.92. The Balaban J connectivity index is 1.46. The van der Waals surface area contributed by atoms with E-state index < -0.39 is 90.7 Å². The van der Waals surface area contributed by atoms with Gasteiger partial charge in [-0.05, 0) is 31.2 Å². The van der Waals surface area contributed by atoms with E-state index in [1.54, 1.807) is 0 Å². The van der Waals surface area contributed by atoms with Crippen molar-refractivity contribution in [2.75, 3.05) is 6.61 Å². The van der Waals surface area contributed by atoms with Crippen LogP contribution in [-0.2, 0) is 14.2 Å². The lowest BCUT2D eigenvalue weighted by Gasteiger charge is -2.42. The maximum atomic E-state index is 13.5. The lowest BCUT2D eigenvalue weighted by atomic mass is 9.98. The Morgan fingerprint density at radius 3 is 2.10 bits per heavy atom. The van der Waals surface area contributed by atoms with Crippen LogP contribution in [0.15, 0.2) is 45.6 Å². The summed E-state index contributed by atoms with van der Waals surface area (Å²) in [6, 6.07) is 7.33. The predicted molar refractivity (Wildman–Crippen MR) is 139 cm³/mol. The fraction of sp³-hybridized carbons (Fsp3) is 0.444. The Hall–Kier alpha value is -3.51. The van der Waals surface area contributed by atoms with Crippen LogP contribution in [0.5, 0.6) is 23.0 Å². The van der Waals surface area contributed by atoms with Crippen LogP contribution in [-0.4, -0.2) is 114 Å². The molecule has 2 saturated heterocycles. The summed E-state index contributed by atoms with van der Waals surface area (Å²) in [4.78, 5) is 13.5. The van der Waals surface area contributed by atoms with Crippen molar-refractivity contribution in [3.8, 4) is 34.3 Å². The zero-order valence-corrected chi connectivity index (χ0v) is 21.9. The lowest BCUT2D eigenvalue weighted by molar-refractivity contribution is -0.318. The molecule has 0 spiro atoms. The lowest BCUT2D eigenvalue weighted by Crippen LogP contribution is -2.61. The summed E-state index contributed by atoms with van der Waals surface area (Å²) in [6.07, 6.45) is -15.8. The SMILES string of the molecule is C[C@@H]1O[C@H](OC[C@H]2O[C@@H](Oc3c(-c4ccc(O)cc4)oc4cc(O)cc(O)c4c3=O)[C@H](O)[C@H](O)[C@@H]2O)[C@H](O)[C@H](O)[C@H]1O. The van der Waals surface area contributed by atoms with E-state index in [2.05, 4.69) is 0 Å². The Labute approximate surface area is 236 Å². The second-order valence-electron chi connectivity index (χ2n) is 10.1. The average Bonchev–Trinajstić information content (AvgIpc) is 2.95. The molecule has 0 unspecified atom stereocenters. The van der Waals surface area contributed by atoms with Crippen molar-refractivity contribution in [1.29, 1.82) is 0 Å². The van der Waals surface area contributed by atoms with Gasteiger partial charge in [0.2, 0.25) is 17.5 Å². The molecular formula is C27H30O15. The zero-order chi connectivity index (χ0) is 30.5. The number of phenolic OH excluding ortho intramolecular Hbond substituents is 3. The number of fused-ring (bicyclic) bond motifs is 1. The smallest absolute Gasteiger partial charge is 0.239 e. The number of ether oxygens (including phenoxy) is 4. The highest BCUT2D eigenvalue weighted by Crippen LogP contribution is 2.37. The van der Waals surface area contributed by atoms with Gasteiger partial charge in [0.15, 0.2) is 12.1 Å². The first kappa shape index (κ1) is 30.0. The molecule has 5 rings (SSSR count). The van der Waals surface area contributed by atoms with E-state index in [-0.39, 0.29) is 28.0 Å². The molecule has 10 atom stereocenters. The van der Waals surface area contributed by atoms with Gasteiger partial charge < -0.3 is 69.3 Å². The zero-order valence-electron chi connectivity index (χ0n) is 21.9. The number of phenols is 3. The van der Waals surface area contributed by atoms with Crippen LogP contribution in [0.25, 0.3) is 22.3 Å². The normalized spacial score (nSPS) is 33.5. The highest BCUT2D eigenvalue weighted by Gasteiger charge is 2.47. The van der Waals surface area contributed by atoms with Crippen LogP contribution in [0, 0.1) is 0 Å². The van der Waals surface area contributed by atoms with Gasteiger partial charge in [0.05, 0.1) is 12.7 Å². The highest BCUT2D eigenvalue weighted by molar-refractivity contribution is 5.88. The second kappa shape index (κ2) is 11.6. The van der Waals surface area contributed by atoms with Crippen molar-refractivity contribution in [2.24, 2.45) is 0 Å². The van der Waals surface area contributed by atoms with E-state index in [9.17, 15) is 50.8 Å². The molecule has 15 heteroatoms. The standard InChI is InChI=1S/C27H30O15/c1-9-17(31)20(34)22(36)26(39-9)38-8-15-18(32)21(35)23(37)27(41-15)42-25-19(33)16-13(30)6-12(29)7-14(16)40-24(25)10-2-4-11(28)5-3-10/h2-7,9,15,17-18,20-23,26-32,34-37H,8H2,1H3/t9-,15+,17-,18+,20+,21+,22+,23+,26-,27-/m0/s1. The second-order valence-corrected chi connectivity index (χ2v) is 10.1. The van der Waals surface area contributed by atoms with Crippen molar-refractivity contribution in [3.63, 3.8) is 0 Å². The molecular weight excluding hydrogens is 564 g/mol. The van der Waals surface area contributed by atoms with Gasteiger partial charge in [0, 0.05) is 17.7 Å². The first-order valence-corrected chi connectivity index (χ1v) is 12.9. The average molecular weight is 595 g/mol. The van der Waals surface area contributed by atoms with E-state index in [0.717, 1.165) is 12.1 Å². The van der Waals surface area contributed by atoms with Crippen molar-refractivity contribution < 1.29 is 69.3 Å². The molecule has 3 heterocycles. The topological polar surface area (TPSA) is 249 Å². The highest BCUT2D eigenvalue weighted by atomic mass is 16.7. The molecule has 15 nitrogen and oxygen atoms in total. The molecule has 0 bridgehead atoms. The van der Waals surface area contributed by atoms with E-state index in [1.165, 1.54) is 31.2 Å². The van der Waals surface area contributed by atoms with Gasteiger partial charge in [0.25, 0.3) is 0 Å². The molecule has 1 aromatic heterocycles. The number of hydrogen-bond donors (Lipinski definition) is 9. The summed E-state index contributed by atoms with van der Waals surface area (Å²) in [5.74, 6) is -1.97. The van der Waals surface area contributed by atoms with Gasteiger partial charge in [-0.25, -0.2) is 0 Å². The minimum absolute atomic E-state index is 0.103. The summed E-state index contributed by atoms with van der Waals surface area (Å²) in [5, 5.41) is 91.4. The van der Waals surface area contributed by atoms with Crippen LogP contribution in [0.4, 0.5) is 0 Å². The predicted octanol–water partition coefficient (Wildman–Crippen LogP) is -1.39. The van der Waals surface area contributed by atoms with Crippen LogP contribution in [0.2, 0.25) is 0 Å². The van der Waals surface area contributed by atoms with Gasteiger partial charge in [0.1, 0.15) is 70.9 Å². The number of rotatable bonds is 6. The quantitative estimate of drug-likeness (QED) is 0.159. The Bertz CT molecular complexity index is 1470. The number of aliphatic hydroxyl groups is 6. The summed E-state index contributed by atoms with van der Waals surface area (Å²) in [7, 11) is 0. The van der Waals surface area contributed by atoms with Crippen LogP contribution in [0.1, 0.15) is 6.92 Å². The fourth-order valence-corrected chi connectivity index (χ4v) is 4.79. The molecule has 2 aliphatic heterocycles.